The molecule has 0 bridgehead atoms. The smallest absolute Gasteiger partial charge is 0.258 e. The molecule has 5 heteroatoms. The third-order valence-corrected chi connectivity index (χ3v) is 3.67. The van der Waals surface area contributed by atoms with Gasteiger partial charge in [0.2, 0.25) is 0 Å². The summed E-state index contributed by atoms with van der Waals surface area (Å²) < 4.78 is 0.975. The van der Waals surface area contributed by atoms with Gasteiger partial charge in [0.1, 0.15) is 5.82 Å². The highest BCUT2D eigenvalue weighted by Gasteiger charge is 2.04. The van der Waals surface area contributed by atoms with E-state index in [0.29, 0.717) is 23.3 Å². The van der Waals surface area contributed by atoms with Crippen LogP contribution in [-0.2, 0) is 6.54 Å². The molecular formula is C15H12BrN3O. The van der Waals surface area contributed by atoms with E-state index in [2.05, 4.69) is 31.2 Å². The van der Waals surface area contributed by atoms with Gasteiger partial charge in [0.15, 0.2) is 0 Å². The van der Waals surface area contributed by atoms with Crippen molar-refractivity contribution in [1.82, 2.24) is 9.97 Å². The fraction of sp³-hybridized carbons (Fsp3) is 0.0667. The molecule has 0 atom stereocenters. The number of hydrogen-bond acceptors (Lipinski definition) is 3. The normalized spacial score (nSPS) is 10.7. The van der Waals surface area contributed by atoms with E-state index in [1.165, 1.54) is 0 Å². The first kappa shape index (κ1) is 12.9. The van der Waals surface area contributed by atoms with Crippen LogP contribution < -0.4 is 10.9 Å². The molecule has 2 N–H and O–H groups in total. The predicted octanol–water partition coefficient (Wildman–Crippen LogP) is 3.30. The number of aromatic amines is 1. The van der Waals surface area contributed by atoms with Crippen LogP contribution in [0.5, 0.6) is 0 Å². The standard InChI is InChI=1S/C15H12BrN3O/c16-11-6-2-4-8-13(11)17-9-14-18-12-7-3-1-5-10(12)15(20)19-14/h1-8,17H,9H2,(H,18,19,20). The number of benzene rings is 2. The van der Waals surface area contributed by atoms with Crippen LogP contribution in [0.3, 0.4) is 0 Å². The Morgan fingerprint density at radius 3 is 2.70 bits per heavy atom. The van der Waals surface area contributed by atoms with Crippen LogP contribution >= 0.6 is 15.9 Å². The maximum atomic E-state index is 11.9. The topological polar surface area (TPSA) is 57.8 Å². The summed E-state index contributed by atoms with van der Waals surface area (Å²) in [6, 6.07) is 15.1. The second kappa shape index (κ2) is 5.46. The van der Waals surface area contributed by atoms with E-state index in [-0.39, 0.29) is 5.56 Å². The number of aromatic nitrogens is 2. The second-order valence-corrected chi connectivity index (χ2v) is 5.22. The van der Waals surface area contributed by atoms with E-state index in [9.17, 15) is 4.79 Å². The third-order valence-electron chi connectivity index (χ3n) is 2.98. The lowest BCUT2D eigenvalue weighted by molar-refractivity contribution is 0.952. The van der Waals surface area contributed by atoms with E-state index in [4.69, 9.17) is 0 Å². The molecule has 0 fully saturated rings. The van der Waals surface area contributed by atoms with Crippen molar-refractivity contribution in [2.24, 2.45) is 0 Å². The number of anilines is 1. The average molecular weight is 330 g/mol. The first-order valence-corrected chi connectivity index (χ1v) is 7.00. The molecule has 3 rings (SSSR count). The Hall–Kier alpha value is -2.14. The summed E-state index contributed by atoms with van der Waals surface area (Å²) in [4.78, 5) is 19.2. The lowest BCUT2D eigenvalue weighted by atomic mass is 10.2. The maximum absolute atomic E-state index is 11.9. The molecule has 1 aromatic heterocycles. The Morgan fingerprint density at radius 2 is 1.85 bits per heavy atom. The summed E-state index contributed by atoms with van der Waals surface area (Å²) in [5, 5.41) is 3.85. The monoisotopic (exact) mass is 329 g/mol. The summed E-state index contributed by atoms with van der Waals surface area (Å²) in [5.74, 6) is 0.615. The van der Waals surface area contributed by atoms with E-state index in [1.54, 1.807) is 6.07 Å². The van der Waals surface area contributed by atoms with Crippen LogP contribution in [0.2, 0.25) is 0 Å². The molecule has 0 spiro atoms. The number of hydrogen-bond donors (Lipinski definition) is 2. The van der Waals surface area contributed by atoms with E-state index in [1.807, 2.05) is 42.5 Å². The van der Waals surface area contributed by atoms with Gasteiger partial charge in [-0.3, -0.25) is 4.79 Å². The quantitative estimate of drug-likeness (QED) is 0.775. The van der Waals surface area contributed by atoms with Gasteiger partial charge in [0.05, 0.1) is 17.4 Å². The summed E-state index contributed by atoms with van der Waals surface area (Å²) in [5.41, 5.74) is 1.56. The van der Waals surface area contributed by atoms with Gasteiger partial charge in [-0.1, -0.05) is 24.3 Å². The van der Waals surface area contributed by atoms with Crippen LogP contribution in [0.25, 0.3) is 10.9 Å². The Bertz CT molecular complexity index is 813. The largest absolute Gasteiger partial charge is 0.377 e. The van der Waals surface area contributed by atoms with Crippen molar-refractivity contribution < 1.29 is 0 Å². The molecule has 2 aromatic carbocycles. The SMILES string of the molecule is O=c1[nH]c(CNc2ccccc2Br)nc2ccccc12. The summed E-state index contributed by atoms with van der Waals surface area (Å²) in [7, 11) is 0. The molecule has 3 aromatic rings. The fourth-order valence-corrected chi connectivity index (χ4v) is 2.43. The third kappa shape index (κ3) is 2.58. The molecular weight excluding hydrogens is 318 g/mol. The first-order valence-electron chi connectivity index (χ1n) is 6.20. The van der Waals surface area contributed by atoms with Crippen molar-refractivity contribution in [3.8, 4) is 0 Å². The van der Waals surface area contributed by atoms with Gasteiger partial charge >= 0.3 is 0 Å². The van der Waals surface area contributed by atoms with Gasteiger partial charge in [0.25, 0.3) is 5.56 Å². The van der Waals surface area contributed by atoms with Crippen molar-refractivity contribution in [1.29, 1.82) is 0 Å². The molecule has 0 aliphatic carbocycles. The number of nitrogens with one attached hydrogen (secondary N) is 2. The zero-order chi connectivity index (χ0) is 13.9. The van der Waals surface area contributed by atoms with Gasteiger partial charge < -0.3 is 10.3 Å². The van der Waals surface area contributed by atoms with Crippen LogP contribution in [-0.4, -0.2) is 9.97 Å². The van der Waals surface area contributed by atoms with E-state index < -0.39 is 0 Å². The molecule has 0 saturated carbocycles. The van der Waals surface area contributed by atoms with Crippen LogP contribution in [0.4, 0.5) is 5.69 Å². The van der Waals surface area contributed by atoms with Crippen molar-refractivity contribution in [2.45, 2.75) is 6.54 Å². The molecule has 0 unspecified atom stereocenters. The molecule has 0 aliphatic rings. The zero-order valence-corrected chi connectivity index (χ0v) is 12.1. The number of para-hydroxylation sites is 2. The predicted molar refractivity (Wildman–Crippen MR) is 83.8 cm³/mol. The number of fused-ring (bicyclic) bond motifs is 1. The average Bonchev–Trinajstić information content (AvgIpc) is 2.46. The molecule has 0 aliphatic heterocycles. The number of rotatable bonds is 3. The molecule has 0 amide bonds. The van der Waals surface area contributed by atoms with Crippen LogP contribution in [0, 0.1) is 0 Å². The summed E-state index contributed by atoms with van der Waals surface area (Å²) >= 11 is 3.47. The van der Waals surface area contributed by atoms with Gasteiger partial charge in [-0.25, -0.2) is 4.98 Å². The van der Waals surface area contributed by atoms with Gasteiger partial charge in [0, 0.05) is 10.2 Å². The van der Waals surface area contributed by atoms with Crippen molar-refractivity contribution in [3.63, 3.8) is 0 Å². The fourth-order valence-electron chi connectivity index (χ4n) is 2.00. The molecule has 20 heavy (non-hydrogen) atoms. The minimum Gasteiger partial charge on any atom is -0.377 e. The van der Waals surface area contributed by atoms with Crippen LogP contribution in [0.1, 0.15) is 5.82 Å². The molecule has 100 valence electrons. The maximum Gasteiger partial charge on any atom is 0.258 e. The lowest BCUT2D eigenvalue weighted by Gasteiger charge is -2.08. The Balaban J connectivity index is 1.88. The summed E-state index contributed by atoms with van der Waals surface area (Å²) in [6.45, 7) is 0.461. The number of H-pyrrole nitrogens is 1. The van der Waals surface area contributed by atoms with Crippen molar-refractivity contribution in [2.75, 3.05) is 5.32 Å². The number of halogens is 1. The van der Waals surface area contributed by atoms with Gasteiger partial charge in [-0.05, 0) is 40.2 Å². The molecule has 0 saturated heterocycles. The second-order valence-electron chi connectivity index (χ2n) is 4.36. The Kier molecular flexibility index (Phi) is 3.52. The molecule has 0 radical (unpaired) electrons. The lowest BCUT2D eigenvalue weighted by Crippen LogP contribution is -2.14. The van der Waals surface area contributed by atoms with Crippen molar-refractivity contribution in [3.05, 3.63) is 69.2 Å². The highest BCUT2D eigenvalue weighted by molar-refractivity contribution is 9.10. The van der Waals surface area contributed by atoms with Gasteiger partial charge in [-0.2, -0.15) is 0 Å². The minimum atomic E-state index is -0.112. The highest BCUT2D eigenvalue weighted by atomic mass is 79.9. The van der Waals surface area contributed by atoms with Gasteiger partial charge in [-0.15, -0.1) is 0 Å². The Morgan fingerprint density at radius 1 is 1.10 bits per heavy atom. The molecule has 1 heterocycles. The van der Waals surface area contributed by atoms with Crippen molar-refractivity contribution >= 4 is 32.5 Å². The van der Waals surface area contributed by atoms with E-state index in [0.717, 1.165) is 10.2 Å². The highest BCUT2D eigenvalue weighted by Crippen LogP contribution is 2.21. The van der Waals surface area contributed by atoms with Crippen LogP contribution in [0.15, 0.2) is 57.8 Å². The summed E-state index contributed by atoms with van der Waals surface area (Å²) in [6.07, 6.45) is 0. The number of nitrogens with zero attached hydrogens (tertiary/aromatic N) is 1. The zero-order valence-electron chi connectivity index (χ0n) is 10.6. The first-order chi connectivity index (χ1) is 9.74. The Labute approximate surface area is 124 Å². The molecule has 4 nitrogen and oxygen atoms in total. The minimum absolute atomic E-state index is 0.112. The van der Waals surface area contributed by atoms with E-state index >= 15 is 0 Å².